The molecular weight excluding hydrogens is 417 g/mol. The number of carbonyl (C=O) groups is 2. The van der Waals surface area contributed by atoms with E-state index in [4.69, 9.17) is 14.3 Å². The average Bonchev–Trinajstić information content (AvgIpc) is 3.20. The number of fused-ring (bicyclic) bond motifs is 2. The number of aryl methyl sites for hydroxylation is 1. The van der Waals surface area contributed by atoms with Crippen molar-refractivity contribution < 1.29 is 37.0 Å². The van der Waals surface area contributed by atoms with Gasteiger partial charge in [0.1, 0.15) is 11.3 Å². The van der Waals surface area contributed by atoms with E-state index < -0.39 is 12.3 Å². The van der Waals surface area contributed by atoms with Gasteiger partial charge in [0.15, 0.2) is 0 Å². The van der Waals surface area contributed by atoms with Gasteiger partial charge in [0.2, 0.25) is 6.41 Å². The number of aliphatic carboxylic acids is 1. The third-order valence-corrected chi connectivity index (χ3v) is 4.43. The van der Waals surface area contributed by atoms with Gasteiger partial charge in [-0.3, -0.25) is 9.59 Å². The van der Waals surface area contributed by atoms with Gasteiger partial charge in [-0.15, -0.1) is 13.2 Å². The largest absolute Gasteiger partial charge is 0.573 e. The Morgan fingerprint density at radius 3 is 2.58 bits per heavy atom. The Bertz CT molecular complexity index is 1260. The van der Waals surface area contributed by atoms with Crippen molar-refractivity contribution in [2.45, 2.75) is 19.7 Å². The summed E-state index contributed by atoms with van der Waals surface area (Å²) < 4.78 is 48.9. The Balaban J connectivity index is 0.000000858. The van der Waals surface area contributed by atoms with Crippen LogP contribution < -0.4 is 10.5 Å². The molecule has 0 unspecified atom stereocenters. The fourth-order valence-corrected chi connectivity index (χ4v) is 3.37. The highest BCUT2D eigenvalue weighted by Gasteiger charge is 2.31. The second-order valence-corrected chi connectivity index (χ2v) is 6.54. The van der Waals surface area contributed by atoms with Crippen molar-refractivity contribution in [3.8, 4) is 11.4 Å². The summed E-state index contributed by atoms with van der Waals surface area (Å²) in [6.07, 6.45) is -3.31. The molecule has 10 heteroatoms. The molecule has 2 heterocycles. The van der Waals surface area contributed by atoms with E-state index in [1.807, 2.05) is 13.0 Å². The molecule has 0 aliphatic rings. The molecule has 0 saturated heterocycles. The standard InChI is InChI=1S/C20H14F3NO4.CH3NO/c1-11-6-12-2-4-15(28-20(21,22)23)9-17(12)24(11)14-3-5-18-16(8-14)13(10-27-18)7-19(25)26;2-1-3/h2-6,8-10H,7H2,1H3,(H,25,26);1H,(H2,2,3). The van der Waals surface area contributed by atoms with E-state index in [-0.39, 0.29) is 18.6 Å². The van der Waals surface area contributed by atoms with Crippen LogP contribution in [0.3, 0.4) is 0 Å². The number of ether oxygens (including phenoxy) is 1. The molecular formula is C21H17F3N2O5. The van der Waals surface area contributed by atoms with Gasteiger partial charge in [-0.05, 0) is 43.3 Å². The molecule has 0 aliphatic heterocycles. The number of rotatable bonds is 4. The van der Waals surface area contributed by atoms with Crippen molar-refractivity contribution in [3.63, 3.8) is 0 Å². The van der Waals surface area contributed by atoms with Gasteiger partial charge in [0.25, 0.3) is 0 Å². The van der Waals surface area contributed by atoms with E-state index in [1.54, 1.807) is 28.8 Å². The van der Waals surface area contributed by atoms with Gasteiger partial charge in [-0.2, -0.15) is 0 Å². The van der Waals surface area contributed by atoms with Gasteiger partial charge in [0.05, 0.1) is 18.2 Å². The highest BCUT2D eigenvalue weighted by molar-refractivity contribution is 5.89. The lowest BCUT2D eigenvalue weighted by molar-refractivity contribution is -0.274. The zero-order valence-electron chi connectivity index (χ0n) is 16.1. The van der Waals surface area contributed by atoms with Crippen LogP contribution in [0.25, 0.3) is 27.6 Å². The molecule has 0 atom stereocenters. The third-order valence-electron chi connectivity index (χ3n) is 4.43. The molecule has 2 aromatic heterocycles. The molecule has 0 aliphatic carbocycles. The minimum atomic E-state index is -4.78. The van der Waals surface area contributed by atoms with Crippen LogP contribution in [-0.2, 0) is 16.0 Å². The number of benzene rings is 2. The number of hydrogen-bond donors (Lipinski definition) is 2. The first-order chi connectivity index (χ1) is 14.6. The van der Waals surface area contributed by atoms with E-state index in [2.05, 4.69) is 10.5 Å². The SMILES string of the molecule is Cc1cc2ccc(OC(F)(F)F)cc2n1-c1ccc2occ(CC(=O)O)c2c1.NC=O. The zero-order chi connectivity index (χ0) is 22.8. The van der Waals surface area contributed by atoms with Crippen LogP contribution >= 0.6 is 0 Å². The number of carboxylic acids is 1. The number of carboxylic acid groups (broad SMARTS) is 1. The summed E-state index contributed by atoms with van der Waals surface area (Å²) in [5, 5.41) is 10.5. The predicted octanol–water partition coefficient (Wildman–Crippen LogP) is 4.31. The van der Waals surface area contributed by atoms with E-state index in [0.717, 1.165) is 11.1 Å². The minimum absolute atomic E-state index is 0.189. The fraction of sp³-hybridized carbons (Fsp3) is 0.143. The molecule has 0 radical (unpaired) electrons. The lowest BCUT2D eigenvalue weighted by atomic mass is 10.1. The number of hydrogen-bond acceptors (Lipinski definition) is 4. The summed E-state index contributed by atoms with van der Waals surface area (Å²) in [6.45, 7) is 1.84. The van der Waals surface area contributed by atoms with Crippen LogP contribution in [0.5, 0.6) is 5.75 Å². The van der Waals surface area contributed by atoms with Gasteiger partial charge in [-0.1, -0.05) is 0 Å². The average molecular weight is 434 g/mol. The number of nitrogens with two attached hydrogens (primary N) is 1. The second-order valence-electron chi connectivity index (χ2n) is 6.54. The van der Waals surface area contributed by atoms with Crippen LogP contribution in [0.2, 0.25) is 0 Å². The normalized spacial score (nSPS) is 11.2. The molecule has 0 bridgehead atoms. The third kappa shape index (κ3) is 4.80. The smallest absolute Gasteiger partial charge is 0.481 e. The number of halogens is 3. The molecule has 162 valence electrons. The van der Waals surface area contributed by atoms with Crippen molar-refractivity contribution in [2.24, 2.45) is 5.73 Å². The molecule has 4 rings (SSSR count). The van der Waals surface area contributed by atoms with E-state index in [0.29, 0.717) is 27.7 Å². The first kappa shape index (κ1) is 21.8. The van der Waals surface area contributed by atoms with Crippen LogP contribution in [0.1, 0.15) is 11.3 Å². The summed E-state index contributed by atoms with van der Waals surface area (Å²) in [6, 6.07) is 11.2. The number of amides is 1. The lowest BCUT2D eigenvalue weighted by Crippen LogP contribution is -2.17. The Labute approximate surface area is 173 Å². The van der Waals surface area contributed by atoms with Crippen molar-refractivity contribution in [3.05, 3.63) is 60.0 Å². The molecule has 4 aromatic rings. The van der Waals surface area contributed by atoms with Crippen molar-refractivity contribution in [1.29, 1.82) is 0 Å². The van der Waals surface area contributed by atoms with Crippen molar-refractivity contribution in [1.82, 2.24) is 4.57 Å². The summed E-state index contributed by atoms with van der Waals surface area (Å²) in [5.41, 5.74) is 7.26. The van der Waals surface area contributed by atoms with E-state index in [9.17, 15) is 18.0 Å². The Morgan fingerprint density at radius 2 is 1.94 bits per heavy atom. The molecule has 3 N–H and O–H groups in total. The molecule has 0 spiro atoms. The number of primary amides is 1. The summed E-state index contributed by atoms with van der Waals surface area (Å²) in [7, 11) is 0. The Kier molecular flexibility index (Phi) is 5.91. The Hall–Kier alpha value is -3.95. The van der Waals surface area contributed by atoms with Gasteiger partial charge in [0, 0.05) is 33.8 Å². The molecule has 2 aromatic carbocycles. The van der Waals surface area contributed by atoms with Crippen molar-refractivity contribution >= 4 is 34.3 Å². The first-order valence-electron chi connectivity index (χ1n) is 8.88. The predicted molar refractivity (Wildman–Crippen MR) is 106 cm³/mol. The van der Waals surface area contributed by atoms with Gasteiger partial charge >= 0.3 is 12.3 Å². The first-order valence-corrected chi connectivity index (χ1v) is 8.88. The van der Waals surface area contributed by atoms with Gasteiger partial charge in [-0.25, -0.2) is 0 Å². The number of aromatic nitrogens is 1. The van der Waals surface area contributed by atoms with Gasteiger partial charge < -0.3 is 24.6 Å². The molecule has 31 heavy (non-hydrogen) atoms. The van der Waals surface area contributed by atoms with Crippen molar-refractivity contribution in [2.75, 3.05) is 0 Å². The van der Waals surface area contributed by atoms with E-state index >= 15 is 0 Å². The fourth-order valence-electron chi connectivity index (χ4n) is 3.37. The van der Waals surface area contributed by atoms with Crippen LogP contribution in [-0.4, -0.2) is 28.4 Å². The Morgan fingerprint density at radius 1 is 1.23 bits per heavy atom. The van der Waals surface area contributed by atoms with E-state index in [1.165, 1.54) is 18.4 Å². The minimum Gasteiger partial charge on any atom is -0.481 e. The van der Waals surface area contributed by atoms with Crippen LogP contribution in [0.4, 0.5) is 13.2 Å². The molecule has 0 fully saturated rings. The highest BCUT2D eigenvalue weighted by Crippen LogP contribution is 2.32. The topological polar surface area (TPSA) is 108 Å². The summed E-state index contributed by atoms with van der Waals surface area (Å²) >= 11 is 0. The maximum Gasteiger partial charge on any atom is 0.573 e. The zero-order valence-corrected chi connectivity index (χ0v) is 16.1. The summed E-state index contributed by atoms with van der Waals surface area (Å²) in [5.74, 6) is -1.29. The molecule has 1 amide bonds. The molecule has 0 saturated carbocycles. The van der Waals surface area contributed by atoms with Crippen LogP contribution in [0.15, 0.2) is 53.1 Å². The maximum absolute atomic E-state index is 12.6. The number of carbonyl (C=O) groups excluding carboxylic acids is 1. The van der Waals surface area contributed by atoms with Crippen LogP contribution in [0, 0.1) is 6.92 Å². The number of alkyl halides is 3. The highest BCUT2D eigenvalue weighted by atomic mass is 19.4. The second kappa shape index (κ2) is 8.42. The maximum atomic E-state index is 12.6. The lowest BCUT2D eigenvalue weighted by Gasteiger charge is -2.11. The number of nitrogens with zero attached hydrogens (tertiary/aromatic N) is 1. The monoisotopic (exact) mass is 434 g/mol. The number of furan rings is 1. The quantitative estimate of drug-likeness (QED) is 0.466. The molecule has 7 nitrogen and oxygen atoms in total. The summed E-state index contributed by atoms with van der Waals surface area (Å²) in [4.78, 5) is 19.6.